The Morgan fingerprint density at radius 1 is 1.26 bits per heavy atom. The first kappa shape index (κ1) is 14.3. The van der Waals surface area contributed by atoms with Crippen molar-refractivity contribution in [2.75, 3.05) is 11.9 Å². The number of rotatable bonds is 5. The van der Waals surface area contributed by atoms with Gasteiger partial charge < -0.3 is 5.32 Å². The summed E-state index contributed by atoms with van der Waals surface area (Å²) in [5.41, 5.74) is 2.66. The fourth-order valence-corrected chi connectivity index (χ4v) is 3.01. The highest BCUT2D eigenvalue weighted by Gasteiger charge is 2.31. The molecule has 3 nitrogen and oxygen atoms in total. The van der Waals surface area contributed by atoms with E-state index in [1.165, 1.54) is 32.1 Å². The predicted octanol–water partition coefficient (Wildman–Crippen LogP) is 4.29. The maximum absolute atomic E-state index is 4.64. The topological polar surface area (TPSA) is 37.8 Å². The molecule has 0 spiro atoms. The minimum Gasteiger partial charge on any atom is -0.354 e. The summed E-state index contributed by atoms with van der Waals surface area (Å²) >= 11 is 0. The van der Waals surface area contributed by atoms with Crippen LogP contribution in [0.3, 0.4) is 0 Å². The quantitative estimate of drug-likeness (QED) is 0.859. The molecule has 0 unspecified atom stereocenters. The summed E-state index contributed by atoms with van der Waals surface area (Å²) in [6, 6.07) is 2.08. The molecule has 2 rings (SSSR count). The molecule has 0 amide bonds. The zero-order valence-corrected chi connectivity index (χ0v) is 12.8. The van der Waals surface area contributed by atoms with E-state index in [1.54, 1.807) is 0 Å². The van der Waals surface area contributed by atoms with Crippen molar-refractivity contribution in [3.63, 3.8) is 0 Å². The lowest BCUT2D eigenvalue weighted by atomic mass is 9.83. The van der Waals surface area contributed by atoms with Crippen LogP contribution in [0.2, 0.25) is 0 Å². The number of anilines is 1. The van der Waals surface area contributed by atoms with Gasteiger partial charge in [-0.25, -0.2) is 9.97 Å². The molecule has 0 radical (unpaired) electrons. The third-order valence-electron chi connectivity index (χ3n) is 4.50. The number of nitrogens with zero attached hydrogens (tertiary/aromatic N) is 2. The molecule has 0 aliphatic heterocycles. The monoisotopic (exact) mass is 261 g/mol. The number of aromatic nitrogens is 2. The van der Waals surface area contributed by atoms with Crippen molar-refractivity contribution in [2.45, 2.75) is 65.7 Å². The number of nitrogens with one attached hydrogen (secondary N) is 1. The van der Waals surface area contributed by atoms with Gasteiger partial charge in [-0.05, 0) is 43.6 Å². The van der Waals surface area contributed by atoms with E-state index < -0.39 is 0 Å². The van der Waals surface area contributed by atoms with Crippen LogP contribution in [-0.4, -0.2) is 16.5 Å². The Labute approximate surface area is 117 Å². The van der Waals surface area contributed by atoms with Crippen molar-refractivity contribution in [2.24, 2.45) is 5.41 Å². The van der Waals surface area contributed by atoms with Gasteiger partial charge in [-0.1, -0.05) is 33.6 Å². The zero-order chi connectivity index (χ0) is 13.9. The number of hydrogen-bond acceptors (Lipinski definition) is 3. The lowest BCUT2D eigenvalue weighted by molar-refractivity contribution is 0.306. The zero-order valence-electron chi connectivity index (χ0n) is 12.8. The Balaban J connectivity index is 2.06. The van der Waals surface area contributed by atoms with Crippen molar-refractivity contribution in [1.29, 1.82) is 0 Å². The van der Waals surface area contributed by atoms with E-state index >= 15 is 0 Å². The number of hydrogen-bond donors (Lipinski definition) is 1. The third-order valence-corrected chi connectivity index (χ3v) is 4.50. The van der Waals surface area contributed by atoms with E-state index in [2.05, 4.69) is 42.1 Å². The highest BCUT2D eigenvalue weighted by molar-refractivity contribution is 5.29. The average Bonchev–Trinajstić information content (AvgIpc) is 2.85. The van der Waals surface area contributed by atoms with E-state index in [4.69, 9.17) is 0 Å². The fraction of sp³-hybridized carbons (Fsp3) is 0.750. The van der Waals surface area contributed by atoms with E-state index in [9.17, 15) is 0 Å². The maximum Gasteiger partial charge on any atom is 0.223 e. The molecular weight excluding hydrogens is 234 g/mol. The second kappa shape index (κ2) is 5.89. The second-order valence-corrected chi connectivity index (χ2v) is 6.33. The molecule has 19 heavy (non-hydrogen) atoms. The van der Waals surface area contributed by atoms with Gasteiger partial charge in [-0.3, -0.25) is 0 Å². The van der Waals surface area contributed by atoms with Crippen LogP contribution in [0.5, 0.6) is 0 Å². The molecule has 0 atom stereocenters. The van der Waals surface area contributed by atoms with Gasteiger partial charge in [0.15, 0.2) is 0 Å². The summed E-state index contributed by atoms with van der Waals surface area (Å²) in [6.45, 7) is 9.73. The molecule has 1 aromatic heterocycles. The Bertz CT molecular complexity index is 420. The minimum absolute atomic E-state index is 0.453. The summed E-state index contributed by atoms with van der Waals surface area (Å²) < 4.78 is 0. The van der Waals surface area contributed by atoms with Crippen molar-refractivity contribution >= 4 is 5.95 Å². The molecule has 1 fully saturated rings. The normalized spacial score (nSPS) is 17.9. The molecule has 0 saturated heterocycles. The van der Waals surface area contributed by atoms with Crippen molar-refractivity contribution in [3.05, 3.63) is 17.5 Å². The van der Waals surface area contributed by atoms with Crippen LogP contribution in [0.25, 0.3) is 0 Å². The van der Waals surface area contributed by atoms with Crippen LogP contribution in [0, 0.1) is 12.3 Å². The predicted molar refractivity (Wildman–Crippen MR) is 80.5 cm³/mol. The van der Waals surface area contributed by atoms with Gasteiger partial charge in [0, 0.05) is 17.9 Å². The van der Waals surface area contributed by atoms with E-state index in [1.807, 2.05) is 6.92 Å². The van der Waals surface area contributed by atoms with Gasteiger partial charge in [-0.2, -0.15) is 0 Å². The van der Waals surface area contributed by atoms with Crippen LogP contribution in [0.1, 0.15) is 70.2 Å². The summed E-state index contributed by atoms with van der Waals surface area (Å²) in [7, 11) is 0. The van der Waals surface area contributed by atoms with Crippen LogP contribution in [0.15, 0.2) is 6.07 Å². The Morgan fingerprint density at radius 3 is 2.53 bits per heavy atom. The smallest absolute Gasteiger partial charge is 0.223 e. The van der Waals surface area contributed by atoms with Crippen molar-refractivity contribution in [1.82, 2.24) is 9.97 Å². The minimum atomic E-state index is 0.453. The average molecular weight is 261 g/mol. The highest BCUT2D eigenvalue weighted by Crippen LogP contribution is 2.40. The molecule has 1 N–H and O–H groups in total. The van der Waals surface area contributed by atoms with Crippen LogP contribution in [-0.2, 0) is 0 Å². The summed E-state index contributed by atoms with van der Waals surface area (Å²) in [4.78, 5) is 9.16. The maximum atomic E-state index is 4.64. The Morgan fingerprint density at radius 2 is 1.95 bits per heavy atom. The van der Waals surface area contributed by atoms with Gasteiger partial charge in [0.05, 0.1) is 0 Å². The molecular formula is C16H27N3. The van der Waals surface area contributed by atoms with Gasteiger partial charge in [0.1, 0.15) is 0 Å². The lowest BCUT2D eigenvalue weighted by Gasteiger charge is -2.27. The molecule has 1 saturated carbocycles. The van der Waals surface area contributed by atoms with E-state index in [-0.39, 0.29) is 0 Å². The largest absolute Gasteiger partial charge is 0.354 e. The summed E-state index contributed by atoms with van der Waals surface area (Å²) in [6.07, 6.45) is 6.70. The third kappa shape index (κ3) is 3.46. The standard InChI is InChI=1S/C16H27N3/c1-5-16(8-6-7-9-16)11-17-15-18-13(4)10-14(19-15)12(2)3/h10,12H,5-9,11H2,1-4H3,(H,17,18,19). The lowest BCUT2D eigenvalue weighted by Crippen LogP contribution is -2.26. The van der Waals surface area contributed by atoms with Gasteiger partial charge in [0.25, 0.3) is 0 Å². The SMILES string of the molecule is CCC1(CNc2nc(C)cc(C(C)C)n2)CCCC1. The van der Waals surface area contributed by atoms with Crippen LogP contribution < -0.4 is 5.32 Å². The molecule has 0 bridgehead atoms. The van der Waals surface area contributed by atoms with Crippen LogP contribution in [0.4, 0.5) is 5.95 Å². The van der Waals surface area contributed by atoms with E-state index in [0.29, 0.717) is 11.3 Å². The first-order valence-electron chi connectivity index (χ1n) is 7.64. The molecule has 1 heterocycles. The molecule has 106 valence electrons. The molecule has 1 aromatic rings. The van der Waals surface area contributed by atoms with Gasteiger partial charge >= 0.3 is 0 Å². The van der Waals surface area contributed by atoms with Crippen molar-refractivity contribution in [3.8, 4) is 0 Å². The van der Waals surface area contributed by atoms with Crippen LogP contribution >= 0.6 is 0 Å². The first-order chi connectivity index (χ1) is 9.04. The summed E-state index contributed by atoms with van der Waals surface area (Å²) in [5.74, 6) is 1.26. The van der Waals surface area contributed by atoms with Crippen molar-refractivity contribution < 1.29 is 0 Å². The van der Waals surface area contributed by atoms with Gasteiger partial charge in [0.2, 0.25) is 5.95 Å². The second-order valence-electron chi connectivity index (χ2n) is 6.33. The molecule has 1 aliphatic rings. The van der Waals surface area contributed by atoms with Gasteiger partial charge in [-0.15, -0.1) is 0 Å². The van der Waals surface area contributed by atoms with E-state index in [0.717, 1.165) is 23.9 Å². The number of aryl methyl sites for hydroxylation is 1. The summed E-state index contributed by atoms with van der Waals surface area (Å²) in [5, 5.41) is 3.49. The molecule has 1 aliphatic carbocycles. The highest BCUT2D eigenvalue weighted by atomic mass is 15.1. The first-order valence-corrected chi connectivity index (χ1v) is 7.64. The molecule has 3 heteroatoms. The fourth-order valence-electron chi connectivity index (χ4n) is 3.01. The molecule has 0 aromatic carbocycles. The Hall–Kier alpha value is -1.12. The Kier molecular flexibility index (Phi) is 4.43.